The molecule has 124 valence electrons. The number of hydrogen-bond donors (Lipinski definition) is 0. The minimum absolute atomic E-state index is 0.0465. The summed E-state index contributed by atoms with van der Waals surface area (Å²) in [5.74, 6) is 0.376. The van der Waals surface area contributed by atoms with Crippen LogP contribution in [0, 0.1) is 11.8 Å². The van der Waals surface area contributed by atoms with Crippen molar-refractivity contribution in [2.24, 2.45) is 16.2 Å². The van der Waals surface area contributed by atoms with E-state index in [0.717, 1.165) is 12.8 Å². The Labute approximate surface area is 136 Å². The zero-order valence-electron chi connectivity index (χ0n) is 13.0. The van der Waals surface area contributed by atoms with Crippen LogP contribution in [-0.4, -0.2) is 44.0 Å². The lowest BCUT2D eigenvalue weighted by molar-refractivity contribution is -0.140. The van der Waals surface area contributed by atoms with E-state index in [1.165, 1.54) is 0 Å². The van der Waals surface area contributed by atoms with Crippen molar-refractivity contribution in [2.75, 3.05) is 18.9 Å². The second kappa shape index (κ2) is 6.31. The number of hydrogen-bond acceptors (Lipinski definition) is 5. The number of rotatable bonds is 3. The molecule has 3 aliphatic rings. The number of ether oxygens (including phenoxy) is 1. The average Bonchev–Trinajstić information content (AvgIpc) is 2.52. The molecule has 3 rings (SSSR count). The highest BCUT2D eigenvalue weighted by Gasteiger charge is 2.31. The van der Waals surface area contributed by atoms with Crippen LogP contribution in [-0.2, 0) is 19.6 Å². The van der Waals surface area contributed by atoms with Gasteiger partial charge in [-0.2, -0.15) is 0 Å². The number of sulfonamides is 1. The van der Waals surface area contributed by atoms with Gasteiger partial charge in [0, 0.05) is 12.7 Å². The summed E-state index contributed by atoms with van der Waals surface area (Å²) in [6.45, 7) is 2.78. The zero-order chi connectivity index (χ0) is 16.4. The number of carbonyl (C=O) groups is 1. The molecule has 0 N–H and O–H groups in total. The Morgan fingerprint density at radius 2 is 2.17 bits per heavy atom. The molecule has 2 atom stereocenters. The third-order valence-electron chi connectivity index (χ3n) is 4.42. The Bertz CT molecular complexity index is 718. The molecule has 0 fully saturated rings. The normalized spacial score (nSPS) is 28.7. The van der Waals surface area contributed by atoms with Crippen LogP contribution in [0.2, 0.25) is 0 Å². The minimum Gasteiger partial charge on any atom is -0.462 e. The van der Waals surface area contributed by atoms with Crippen molar-refractivity contribution in [2.45, 2.75) is 19.8 Å². The Hall–Kier alpha value is -1.89. The lowest BCUT2D eigenvalue weighted by atomic mass is 9.85. The van der Waals surface area contributed by atoms with Gasteiger partial charge < -0.3 is 9.64 Å². The third-order valence-corrected chi connectivity index (χ3v) is 5.57. The summed E-state index contributed by atoms with van der Waals surface area (Å²) in [6, 6.07) is 0. The molecule has 23 heavy (non-hydrogen) atoms. The number of carbonyl (C=O) groups excluding carboxylic acids is 1. The molecule has 6 nitrogen and oxygen atoms in total. The van der Waals surface area contributed by atoms with Gasteiger partial charge in [0.05, 0.1) is 12.4 Å². The maximum absolute atomic E-state index is 12.4. The van der Waals surface area contributed by atoms with E-state index in [9.17, 15) is 13.2 Å². The summed E-state index contributed by atoms with van der Waals surface area (Å²) in [5, 5.41) is 0. The van der Waals surface area contributed by atoms with Gasteiger partial charge in [0.2, 0.25) is 0 Å². The molecule has 2 unspecified atom stereocenters. The highest BCUT2D eigenvalue weighted by atomic mass is 32.2. The number of nitrogens with zero attached hydrogens (tertiary/aromatic N) is 2. The zero-order valence-corrected chi connectivity index (χ0v) is 13.8. The van der Waals surface area contributed by atoms with Crippen molar-refractivity contribution in [1.82, 2.24) is 4.90 Å². The summed E-state index contributed by atoms with van der Waals surface area (Å²) in [4.78, 5) is 14.0. The fraction of sp³-hybridized carbons (Fsp3) is 0.500. The smallest absolute Gasteiger partial charge is 0.341 e. The molecular formula is C16H20N2O4S. The monoisotopic (exact) mass is 336 g/mol. The molecule has 2 aliphatic heterocycles. The molecule has 0 aromatic heterocycles. The first-order valence-electron chi connectivity index (χ1n) is 7.76. The Balaban J connectivity index is 1.71. The molecule has 1 aliphatic carbocycles. The van der Waals surface area contributed by atoms with Crippen molar-refractivity contribution >= 4 is 21.8 Å². The van der Waals surface area contributed by atoms with Gasteiger partial charge in [0.15, 0.2) is 5.84 Å². The fourth-order valence-corrected chi connectivity index (χ4v) is 3.86. The van der Waals surface area contributed by atoms with E-state index >= 15 is 0 Å². The summed E-state index contributed by atoms with van der Waals surface area (Å²) in [5.41, 5.74) is 0.203. The lowest BCUT2D eigenvalue weighted by Gasteiger charge is -2.29. The van der Waals surface area contributed by atoms with E-state index in [1.807, 2.05) is 0 Å². The third kappa shape index (κ3) is 3.55. The molecule has 0 bridgehead atoms. The van der Waals surface area contributed by atoms with Gasteiger partial charge in [-0.1, -0.05) is 19.1 Å². The van der Waals surface area contributed by atoms with E-state index in [4.69, 9.17) is 4.74 Å². The molecule has 0 aromatic rings. The van der Waals surface area contributed by atoms with Crippen molar-refractivity contribution in [3.63, 3.8) is 0 Å². The Kier molecular flexibility index (Phi) is 4.39. The quantitative estimate of drug-likeness (QED) is 0.578. The maximum atomic E-state index is 12.4. The molecule has 0 saturated carbocycles. The second-order valence-electron chi connectivity index (χ2n) is 6.09. The van der Waals surface area contributed by atoms with Crippen molar-refractivity contribution in [3.8, 4) is 0 Å². The summed E-state index contributed by atoms with van der Waals surface area (Å²) < 4.78 is 32.6. The molecule has 0 aromatic carbocycles. The number of esters is 1. The molecule has 7 heteroatoms. The summed E-state index contributed by atoms with van der Waals surface area (Å²) in [6.07, 6.45) is 11.1. The van der Waals surface area contributed by atoms with Crippen LogP contribution in [0.3, 0.4) is 0 Å². The van der Waals surface area contributed by atoms with Gasteiger partial charge in [0.1, 0.15) is 5.57 Å². The van der Waals surface area contributed by atoms with Gasteiger partial charge >= 0.3 is 5.97 Å². The van der Waals surface area contributed by atoms with Crippen LogP contribution in [0.25, 0.3) is 0 Å². The second-order valence-corrected chi connectivity index (χ2v) is 7.85. The van der Waals surface area contributed by atoms with Gasteiger partial charge in [0.25, 0.3) is 10.0 Å². The summed E-state index contributed by atoms with van der Waals surface area (Å²) >= 11 is 0. The van der Waals surface area contributed by atoms with Crippen LogP contribution < -0.4 is 0 Å². The van der Waals surface area contributed by atoms with Crippen LogP contribution >= 0.6 is 0 Å². The Morgan fingerprint density at radius 3 is 2.96 bits per heavy atom. The maximum Gasteiger partial charge on any atom is 0.341 e. The largest absolute Gasteiger partial charge is 0.462 e. The first kappa shape index (κ1) is 16.0. The van der Waals surface area contributed by atoms with E-state index in [-0.39, 0.29) is 17.2 Å². The van der Waals surface area contributed by atoms with Crippen molar-refractivity contribution in [1.29, 1.82) is 0 Å². The molecule has 0 saturated heterocycles. The van der Waals surface area contributed by atoms with Gasteiger partial charge in [-0.25, -0.2) is 13.2 Å². The minimum atomic E-state index is -3.51. The van der Waals surface area contributed by atoms with E-state index < -0.39 is 16.0 Å². The van der Waals surface area contributed by atoms with Crippen LogP contribution in [0.5, 0.6) is 0 Å². The summed E-state index contributed by atoms with van der Waals surface area (Å²) in [7, 11) is -3.51. The lowest BCUT2D eigenvalue weighted by Crippen LogP contribution is -2.40. The van der Waals surface area contributed by atoms with Crippen molar-refractivity contribution < 1.29 is 17.9 Å². The van der Waals surface area contributed by atoms with E-state index in [1.54, 1.807) is 23.3 Å². The van der Waals surface area contributed by atoms with Gasteiger partial charge in [-0.3, -0.25) is 0 Å². The molecular weight excluding hydrogens is 316 g/mol. The van der Waals surface area contributed by atoms with Gasteiger partial charge in [-0.05, 0) is 36.8 Å². The number of fused-ring (bicyclic) bond motifs is 1. The van der Waals surface area contributed by atoms with Gasteiger partial charge in [-0.15, -0.1) is 4.40 Å². The predicted octanol–water partition coefficient (Wildman–Crippen LogP) is 1.63. The number of allylic oxidation sites excluding steroid dienone is 4. The number of amidine groups is 1. The highest BCUT2D eigenvalue weighted by molar-refractivity contribution is 7.90. The van der Waals surface area contributed by atoms with E-state index in [2.05, 4.69) is 23.5 Å². The molecule has 0 amide bonds. The first-order valence-corrected chi connectivity index (χ1v) is 9.37. The molecule has 0 radical (unpaired) electrons. The SMILES string of the molecule is CC1CC=CCC1COC(=O)C1=CC=CN2CCS(=O)(=O)N=C12. The predicted molar refractivity (Wildman–Crippen MR) is 87.1 cm³/mol. The van der Waals surface area contributed by atoms with Crippen LogP contribution in [0.1, 0.15) is 19.8 Å². The topological polar surface area (TPSA) is 76.0 Å². The van der Waals surface area contributed by atoms with E-state index in [0.29, 0.717) is 25.0 Å². The first-order chi connectivity index (χ1) is 11.0. The fourth-order valence-electron chi connectivity index (χ4n) is 2.87. The van der Waals surface area contributed by atoms with Crippen molar-refractivity contribution in [3.05, 3.63) is 36.1 Å². The average molecular weight is 336 g/mol. The highest BCUT2D eigenvalue weighted by Crippen LogP contribution is 2.26. The molecule has 0 spiro atoms. The standard InChI is InChI=1S/C16H20N2O4S/c1-12-5-2-3-6-13(12)11-22-16(19)14-7-4-8-18-9-10-23(20,21)17-15(14)18/h2-4,7-8,12-13H,5-6,9-11H2,1H3. The molecule has 2 heterocycles. The van der Waals surface area contributed by atoms with Crippen LogP contribution in [0.15, 0.2) is 40.5 Å². The van der Waals surface area contributed by atoms with Crippen LogP contribution in [0.4, 0.5) is 0 Å². The Morgan fingerprint density at radius 1 is 1.39 bits per heavy atom.